The van der Waals surface area contributed by atoms with E-state index >= 15 is 0 Å². The molecule has 0 radical (unpaired) electrons. The standard InChI is InChI=1S/C56H94N4Si4/c1-33(2)61(34(3)4,35(5)6)57-49-29-25-45-47-27-31-51(59-63(39(13)14,40(15)16)41(17)18)56-52(60-64(42(19)20,43(21)22)44(23)24)32-28-48(54(47)56)46-26-30-50(55(49)53(45)46)58-62(36(7)8,37(9)10)38(11)12/h25-44,57,60H,1-24H3/b58-50+,59-51+. The van der Waals surface area contributed by atoms with Crippen molar-refractivity contribution in [1.82, 2.24) is 0 Å². The molecule has 0 amide bonds. The molecular weight excluding hydrogens is 841 g/mol. The third-order valence-corrected chi connectivity index (χ3v) is 42.7. The Bertz CT molecular complexity index is 2250. The Hall–Kier alpha value is -2.53. The van der Waals surface area contributed by atoms with Gasteiger partial charge in [-0.15, -0.1) is 0 Å². The summed E-state index contributed by atoms with van der Waals surface area (Å²) in [6.45, 7) is 59.0. The first-order valence-electron chi connectivity index (χ1n) is 25.9. The largest absolute Gasteiger partial charge is 0.409 e. The van der Waals surface area contributed by atoms with Crippen LogP contribution < -0.4 is 20.7 Å². The minimum Gasteiger partial charge on any atom is -0.409 e. The summed E-state index contributed by atoms with van der Waals surface area (Å²) in [5.74, 6) is 0. The molecule has 0 aliphatic carbocycles. The number of nitrogens with zero attached hydrogens (tertiary/aromatic N) is 2. The van der Waals surface area contributed by atoms with E-state index in [2.05, 4.69) is 225 Å². The highest BCUT2D eigenvalue weighted by atomic mass is 28.3. The lowest BCUT2D eigenvalue weighted by Crippen LogP contribution is -2.52. The van der Waals surface area contributed by atoms with Crippen LogP contribution in [0.1, 0.15) is 166 Å². The molecule has 64 heavy (non-hydrogen) atoms. The lowest BCUT2D eigenvalue weighted by molar-refractivity contribution is 0.804. The van der Waals surface area contributed by atoms with Crippen molar-refractivity contribution < 1.29 is 0 Å². The second kappa shape index (κ2) is 19.2. The maximum Gasteiger partial charge on any atom is 0.189 e. The van der Waals surface area contributed by atoms with Crippen molar-refractivity contribution in [3.05, 3.63) is 59.2 Å². The molecule has 0 bridgehead atoms. The summed E-state index contributed by atoms with van der Waals surface area (Å²) in [5.41, 5.74) is 9.06. The van der Waals surface area contributed by atoms with E-state index in [9.17, 15) is 0 Å². The van der Waals surface area contributed by atoms with Gasteiger partial charge in [-0.25, -0.2) is 0 Å². The van der Waals surface area contributed by atoms with Gasteiger partial charge in [0.15, 0.2) is 32.9 Å². The lowest BCUT2D eigenvalue weighted by Gasteiger charge is -2.44. The fraction of sp³-hybridized carbons (Fsp3) is 0.643. The monoisotopic (exact) mass is 935 g/mol. The second-order valence-corrected chi connectivity index (χ2v) is 46.1. The van der Waals surface area contributed by atoms with Gasteiger partial charge >= 0.3 is 0 Å². The van der Waals surface area contributed by atoms with E-state index in [-0.39, 0.29) is 0 Å². The van der Waals surface area contributed by atoms with Gasteiger partial charge in [0.05, 0.1) is 10.7 Å². The zero-order chi connectivity index (χ0) is 48.3. The molecular formula is C56H94N4Si4. The summed E-state index contributed by atoms with van der Waals surface area (Å²) in [5, 5.41) is 13.1. The molecule has 0 fully saturated rings. The van der Waals surface area contributed by atoms with Gasteiger partial charge < -0.3 is 19.3 Å². The normalized spacial score (nSPS) is 14.9. The van der Waals surface area contributed by atoms with Crippen molar-refractivity contribution in [2.24, 2.45) is 9.32 Å². The van der Waals surface area contributed by atoms with Crippen LogP contribution >= 0.6 is 0 Å². The number of nitrogens with one attached hydrogen (secondary N) is 2. The molecule has 8 heteroatoms. The van der Waals surface area contributed by atoms with Crippen LogP contribution in [0.3, 0.4) is 0 Å². The van der Waals surface area contributed by atoms with Gasteiger partial charge in [0.25, 0.3) is 0 Å². The number of hydrogen-bond acceptors (Lipinski definition) is 4. The van der Waals surface area contributed by atoms with E-state index in [4.69, 9.17) is 9.32 Å². The quantitative estimate of drug-likeness (QED) is 0.0522. The lowest BCUT2D eigenvalue weighted by atomic mass is 9.88. The molecule has 5 rings (SSSR count). The number of benzene rings is 5. The van der Waals surface area contributed by atoms with Gasteiger partial charge in [-0.3, -0.25) is 0 Å². The fourth-order valence-corrected chi connectivity index (χ4v) is 36.6. The zero-order valence-electron chi connectivity index (χ0n) is 45.4. The average molecular weight is 936 g/mol. The van der Waals surface area contributed by atoms with Gasteiger partial charge in [0, 0.05) is 32.9 Å². The van der Waals surface area contributed by atoms with E-state index in [0.29, 0.717) is 66.5 Å². The smallest absolute Gasteiger partial charge is 0.189 e. The minimum absolute atomic E-state index is 0.518. The molecule has 4 nitrogen and oxygen atoms in total. The predicted octanol–water partition coefficient (Wildman–Crippen LogP) is 18.5. The Labute approximate surface area is 396 Å². The van der Waals surface area contributed by atoms with Gasteiger partial charge in [-0.1, -0.05) is 190 Å². The van der Waals surface area contributed by atoms with E-state index < -0.39 is 32.9 Å². The van der Waals surface area contributed by atoms with Crippen LogP contribution in [0.4, 0.5) is 11.4 Å². The van der Waals surface area contributed by atoms with Crippen molar-refractivity contribution in [3.63, 3.8) is 0 Å². The Morgan fingerprint density at radius 1 is 0.281 bits per heavy atom. The van der Waals surface area contributed by atoms with Crippen LogP contribution in [0, 0.1) is 0 Å². The van der Waals surface area contributed by atoms with Crippen molar-refractivity contribution in [3.8, 4) is 0 Å². The molecule has 5 aromatic rings. The van der Waals surface area contributed by atoms with Crippen molar-refractivity contribution >= 4 is 87.4 Å². The van der Waals surface area contributed by atoms with Crippen molar-refractivity contribution in [2.75, 3.05) is 9.96 Å². The molecule has 0 spiro atoms. The molecule has 0 aliphatic heterocycles. The Kier molecular flexibility index (Phi) is 15.8. The van der Waals surface area contributed by atoms with Crippen LogP contribution in [0.2, 0.25) is 66.5 Å². The van der Waals surface area contributed by atoms with Crippen LogP contribution in [0.15, 0.2) is 57.8 Å². The predicted molar refractivity (Wildman–Crippen MR) is 301 cm³/mol. The maximum atomic E-state index is 6.19. The first-order valence-corrected chi connectivity index (χ1v) is 34.7. The fourth-order valence-electron chi connectivity index (χ4n) is 14.8. The highest BCUT2D eigenvalue weighted by Gasteiger charge is 2.47. The SMILES string of the molecule is CC(C)[Si](/N=c1\ccc2c3ccc(N[Si](C(C)C)(C(C)C)C(C)C)c4/c(=N/[Si](C(C)C)(C(C)C)C(C)C)ccc(c5ccc(N[Si](C(C)C)(C(C)C)C(C)C)c1c52)c43)(C(C)C)C(C)C. The molecule has 0 aliphatic rings. The molecule has 0 atom stereocenters. The van der Waals surface area contributed by atoms with E-state index in [1.807, 2.05) is 0 Å². The summed E-state index contributed by atoms with van der Waals surface area (Å²) in [6.07, 6.45) is 0. The first-order chi connectivity index (χ1) is 29.6. The van der Waals surface area contributed by atoms with E-state index in [1.54, 1.807) is 0 Å². The van der Waals surface area contributed by atoms with Crippen LogP contribution in [0.5, 0.6) is 0 Å². The molecule has 0 saturated carbocycles. The van der Waals surface area contributed by atoms with E-state index in [1.165, 1.54) is 65.2 Å². The molecule has 354 valence electrons. The second-order valence-electron chi connectivity index (χ2n) is 24.1. The summed E-state index contributed by atoms with van der Waals surface area (Å²) in [6, 6.07) is 19.7. The number of anilines is 2. The van der Waals surface area contributed by atoms with Gasteiger partial charge in [0.1, 0.15) is 0 Å². The number of hydrogen-bond donors (Lipinski definition) is 2. The highest BCUT2D eigenvalue weighted by molar-refractivity contribution is 6.87. The van der Waals surface area contributed by atoms with Crippen LogP contribution in [-0.2, 0) is 0 Å². The average Bonchev–Trinajstić information content (AvgIpc) is 3.18. The van der Waals surface area contributed by atoms with Gasteiger partial charge in [-0.2, -0.15) is 0 Å². The highest BCUT2D eigenvalue weighted by Crippen LogP contribution is 2.50. The maximum absolute atomic E-state index is 6.19. The number of rotatable bonds is 18. The summed E-state index contributed by atoms with van der Waals surface area (Å²) in [4.78, 5) is 9.02. The van der Waals surface area contributed by atoms with Crippen molar-refractivity contribution in [1.29, 1.82) is 0 Å². The van der Waals surface area contributed by atoms with Gasteiger partial charge in [0.2, 0.25) is 0 Å². The molecule has 0 saturated heterocycles. The topological polar surface area (TPSA) is 48.8 Å². The molecule has 0 heterocycles. The van der Waals surface area contributed by atoms with Gasteiger partial charge in [-0.05, 0) is 112 Å². The third kappa shape index (κ3) is 8.20. The van der Waals surface area contributed by atoms with Crippen molar-refractivity contribution in [2.45, 2.75) is 233 Å². The molecule has 2 N–H and O–H groups in total. The first kappa shape index (κ1) is 52.4. The summed E-state index contributed by atoms with van der Waals surface area (Å²) >= 11 is 0. The minimum atomic E-state index is -2.20. The Morgan fingerprint density at radius 3 is 0.703 bits per heavy atom. The molecule has 0 unspecified atom stereocenters. The van der Waals surface area contributed by atoms with E-state index in [0.717, 1.165) is 0 Å². The summed E-state index contributed by atoms with van der Waals surface area (Å²) < 4.78 is 12.4. The third-order valence-electron chi connectivity index (χ3n) is 17.5. The molecule has 0 aromatic heterocycles. The Balaban J connectivity index is 2.15. The molecule has 5 aromatic carbocycles. The summed E-state index contributed by atoms with van der Waals surface area (Å²) in [7, 11) is -8.58. The number of fused-ring (bicyclic) bond motifs is 2. The van der Waals surface area contributed by atoms with Crippen LogP contribution in [0.25, 0.3) is 43.1 Å². The van der Waals surface area contributed by atoms with Crippen LogP contribution in [-0.4, -0.2) is 32.9 Å². The Morgan fingerprint density at radius 2 is 0.500 bits per heavy atom. The zero-order valence-corrected chi connectivity index (χ0v) is 49.4.